The van der Waals surface area contributed by atoms with Gasteiger partial charge in [0.25, 0.3) is 0 Å². The van der Waals surface area contributed by atoms with Crippen LogP contribution in [-0.4, -0.2) is 23.5 Å². The molecule has 1 saturated heterocycles. The predicted octanol–water partition coefficient (Wildman–Crippen LogP) is 2.75. The van der Waals surface area contributed by atoms with Gasteiger partial charge in [0.05, 0.1) is 0 Å². The lowest BCUT2D eigenvalue weighted by Gasteiger charge is -2.39. The number of amides is 1. The quantitative estimate of drug-likeness (QED) is 0.880. The van der Waals surface area contributed by atoms with Gasteiger partial charge in [-0.3, -0.25) is 4.79 Å². The van der Waals surface area contributed by atoms with Gasteiger partial charge in [-0.25, -0.2) is 0 Å². The molecule has 1 atom stereocenters. The van der Waals surface area contributed by atoms with Crippen LogP contribution < -0.4 is 11.1 Å². The summed E-state index contributed by atoms with van der Waals surface area (Å²) in [5, 5.41) is 3.76. The third-order valence-electron chi connectivity index (χ3n) is 5.23. The summed E-state index contributed by atoms with van der Waals surface area (Å²) in [6.07, 6.45) is 5.15. The first-order valence-corrected chi connectivity index (χ1v) is 8.65. The number of carbonyl (C=O) groups excluding carboxylic acids is 1. The minimum Gasteiger partial charge on any atom is -0.381 e. The molecule has 20 heavy (non-hydrogen) atoms. The maximum absolute atomic E-state index is 11.5. The first-order valence-electron chi connectivity index (χ1n) is 7.49. The van der Waals surface area contributed by atoms with Gasteiger partial charge in [0.2, 0.25) is 5.91 Å². The van der Waals surface area contributed by atoms with Gasteiger partial charge < -0.3 is 11.1 Å². The molecule has 1 aliphatic carbocycles. The van der Waals surface area contributed by atoms with Crippen molar-refractivity contribution in [2.45, 2.75) is 37.1 Å². The number of fused-ring (bicyclic) bond motifs is 2. The number of carbonyl (C=O) groups is 1. The number of rotatable bonds is 2. The van der Waals surface area contributed by atoms with Gasteiger partial charge in [0.15, 0.2) is 0 Å². The van der Waals surface area contributed by atoms with Gasteiger partial charge in [-0.05, 0) is 66.9 Å². The van der Waals surface area contributed by atoms with Crippen LogP contribution in [0.2, 0.25) is 0 Å². The van der Waals surface area contributed by atoms with Gasteiger partial charge in [0, 0.05) is 22.7 Å². The third kappa shape index (κ3) is 1.77. The van der Waals surface area contributed by atoms with Crippen molar-refractivity contribution in [2.75, 3.05) is 16.8 Å². The fourth-order valence-corrected chi connectivity index (χ4v) is 5.24. The molecule has 2 heterocycles. The van der Waals surface area contributed by atoms with Crippen molar-refractivity contribution in [1.29, 1.82) is 0 Å². The Kier molecular flexibility index (Phi) is 2.78. The van der Waals surface area contributed by atoms with E-state index >= 15 is 0 Å². The molecular formula is C16H20N2OS. The van der Waals surface area contributed by atoms with E-state index in [9.17, 15) is 4.79 Å². The second kappa shape index (κ2) is 4.42. The summed E-state index contributed by atoms with van der Waals surface area (Å²) in [5.74, 6) is 2.96. The Bertz CT molecular complexity index is 562. The van der Waals surface area contributed by atoms with Gasteiger partial charge in [-0.15, -0.1) is 0 Å². The summed E-state index contributed by atoms with van der Waals surface area (Å²) in [6, 6.07) is 6.54. The molecule has 4 rings (SSSR count). The van der Waals surface area contributed by atoms with Crippen molar-refractivity contribution < 1.29 is 4.79 Å². The fraction of sp³-hybridized carbons (Fsp3) is 0.562. The molecule has 3 aliphatic rings. The highest BCUT2D eigenvalue weighted by Crippen LogP contribution is 2.55. The maximum atomic E-state index is 11.5. The Hall–Kier alpha value is -1.16. The second-order valence-corrected chi connectivity index (χ2v) is 7.58. The predicted molar refractivity (Wildman–Crippen MR) is 83.3 cm³/mol. The monoisotopic (exact) mass is 288 g/mol. The fourth-order valence-electron chi connectivity index (χ4n) is 4.02. The van der Waals surface area contributed by atoms with Crippen molar-refractivity contribution in [2.24, 2.45) is 11.7 Å². The minimum atomic E-state index is -0.317. The Balaban J connectivity index is 1.81. The average molecular weight is 288 g/mol. The molecule has 2 fully saturated rings. The number of anilines is 1. The first-order chi connectivity index (χ1) is 9.71. The molecule has 1 unspecified atom stereocenters. The van der Waals surface area contributed by atoms with E-state index in [0.29, 0.717) is 11.6 Å². The highest BCUT2D eigenvalue weighted by atomic mass is 32.2. The van der Waals surface area contributed by atoms with Crippen LogP contribution in [0.5, 0.6) is 0 Å². The van der Waals surface area contributed by atoms with Crippen molar-refractivity contribution >= 4 is 23.4 Å². The van der Waals surface area contributed by atoms with Crippen molar-refractivity contribution in [3.05, 3.63) is 29.3 Å². The number of primary amides is 1. The van der Waals surface area contributed by atoms with E-state index in [2.05, 4.69) is 29.2 Å². The molecule has 1 saturated carbocycles. The van der Waals surface area contributed by atoms with Crippen LogP contribution in [0.1, 0.15) is 41.6 Å². The highest BCUT2D eigenvalue weighted by molar-refractivity contribution is 7.99. The first kappa shape index (κ1) is 12.6. The second-order valence-electron chi connectivity index (χ2n) is 6.35. The Labute approximate surface area is 123 Å². The van der Waals surface area contributed by atoms with E-state index in [1.807, 2.05) is 6.07 Å². The highest BCUT2D eigenvalue weighted by Gasteiger charge is 2.52. The molecule has 3 nitrogen and oxygen atoms in total. The van der Waals surface area contributed by atoms with E-state index in [-0.39, 0.29) is 11.3 Å². The Morgan fingerprint density at radius 3 is 2.70 bits per heavy atom. The molecule has 1 aromatic carbocycles. The Morgan fingerprint density at radius 2 is 2.05 bits per heavy atom. The van der Waals surface area contributed by atoms with E-state index in [4.69, 9.17) is 5.73 Å². The van der Waals surface area contributed by atoms with Crippen LogP contribution in [-0.2, 0) is 5.41 Å². The standard InChI is InChI=1S/C16H20N2OS/c17-15(19)11-3-4-13-12(9-11)16(5-7-20-8-6-16)14(18-13)10-1-2-10/h3-4,9-10,14,18H,1-2,5-8H2,(H2,17,19). The normalized spacial score (nSPS) is 27.1. The van der Waals surface area contributed by atoms with Gasteiger partial charge >= 0.3 is 0 Å². The number of nitrogens with one attached hydrogen (secondary N) is 1. The van der Waals surface area contributed by atoms with Crippen LogP contribution in [0.3, 0.4) is 0 Å². The third-order valence-corrected chi connectivity index (χ3v) is 6.21. The van der Waals surface area contributed by atoms with E-state index in [1.165, 1.54) is 48.4 Å². The Morgan fingerprint density at radius 1 is 1.30 bits per heavy atom. The molecule has 3 N–H and O–H groups in total. The zero-order chi connectivity index (χ0) is 13.7. The van der Waals surface area contributed by atoms with Crippen LogP contribution in [0.15, 0.2) is 18.2 Å². The number of benzene rings is 1. The van der Waals surface area contributed by atoms with Crippen LogP contribution >= 0.6 is 11.8 Å². The topological polar surface area (TPSA) is 55.1 Å². The molecule has 2 aliphatic heterocycles. The summed E-state index contributed by atoms with van der Waals surface area (Å²) < 4.78 is 0. The lowest BCUT2D eigenvalue weighted by atomic mass is 9.70. The SMILES string of the molecule is NC(=O)c1ccc2c(c1)C1(CCSCC1)C(C1CC1)N2. The minimum absolute atomic E-state index is 0.243. The largest absolute Gasteiger partial charge is 0.381 e. The van der Waals surface area contributed by atoms with Gasteiger partial charge in [-0.1, -0.05) is 0 Å². The molecule has 0 bridgehead atoms. The summed E-state index contributed by atoms with van der Waals surface area (Å²) in [6.45, 7) is 0. The molecule has 106 valence electrons. The summed E-state index contributed by atoms with van der Waals surface area (Å²) in [7, 11) is 0. The van der Waals surface area contributed by atoms with Crippen LogP contribution in [0.4, 0.5) is 5.69 Å². The lowest BCUT2D eigenvalue weighted by molar-refractivity contribution is 0.1000. The van der Waals surface area contributed by atoms with E-state index < -0.39 is 0 Å². The molecule has 0 radical (unpaired) electrons. The molecule has 4 heteroatoms. The summed E-state index contributed by atoms with van der Waals surface area (Å²) >= 11 is 2.06. The van der Waals surface area contributed by atoms with Crippen molar-refractivity contribution in [3.63, 3.8) is 0 Å². The van der Waals surface area contributed by atoms with Crippen molar-refractivity contribution in [3.8, 4) is 0 Å². The van der Waals surface area contributed by atoms with Gasteiger partial charge in [0.1, 0.15) is 0 Å². The summed E-state index contributed by atoms with van der Waals surface area (Å²) in [4.78, 5) is 11.5. The van der Waals surface area contributed by atoms with Crippen LogP contribution in [0, 0.1) is 5.92 Å². The molecule has 1 spiro atoms. The zero-order valence-corrected chi connectivity index (χ0v) is 12.3. The molecule has 1 aromatic rings. The molecule has 1 amide bonds. The average Bonchev–Trinajstić information content (AvgIpc) is 3.26. The number of thioether (sulfide) groups is 1. The van der Waals surface area contributed by atoms with Crippen LogP contribution in [0.25, 0.3) is 0 Å². The van der Waals surface area contributed by atoms with Crippen molar-refractivity contribution in [1.82, 2.24) is 0 Å². The lowest BCUT2D eigenvalue weighted by Crippen LogP contribution is -2.43. The molecular weight excluding hydrogens is 268 g/mol. The number of nitrogens with two attached hydrogens (primary N) is 1. The number of hydrogen-bond donors (Lipinski definition) is 2. The van der Waals surface area contributed by atoms with E-state index in [1.54, 1.807) is 0 Å². The van der Waals surface area contributed by atoms with Gasteiger partial charge in [-0.2, -0.15) is 11.8 Å². The molecule has 0 aromatic heterocycles. The maximum Gasteiger partial charge on any atom is 0.248 e. The zero-order valence-electron chi connectivity index (χ0n) is 11.5. The smallest absolute Gasteiger partial charge is 0.248 e. The number of hydrogen-bond acceptors (Lipinski definition) is 3. The van der Waals surface area contributed by atoms with E-state index in [0.717, 1.165) is 5.92 Å². The summed E-state index contributed by atoms with van der Waals surface area (Å²) in [5.41, 5.74) is 8.95.